The van der Waals surface area contributed by atoms with Gasteiger partial charge in [0.15, 0.2) is 0 Å². The number of aryl methyl sites for hydroxylation is 1. The molecule has 0 saturated heterocycles. The predicted molar refractivity (Wildman–Crippen MR) is 77.1 cm³/mol. The number of sulfonamides is 1. The maximum Gasteiger partial charge on any atom is 0.250 e. The van der Waals surface area contributed by atoms with Crippen molar-refractivity contribution in [1.29, 1.82) is 0 Å². The van der Waals surface area contributed by atoms with E-state index in [2.05, 4.69) is 15.0 Å². The number of hydrogen-bond donors (Lipinski definition) is 2. The van der Waals surface area contributed by atoms with E-state index in [0.29, 0.717) is 18.2 Å². The van der Waals surface area contributed by atoms with Crippen LogP contribution in [0.4, 0.5) is 0 Å². The lowest BCUT2D eigenvalue weighted by molar-refractivity contribution is 0.428. The molecule has 2 rings (SSSR count). The molecule has 2 aromatic heterocycles. The van der Waals surface area contributed by atoms with Crippen LogP contribution < -0.4 is 10.0 Å². The van der Waals surface area contributed by atoms with Crippen molar-refractivity contribution in [3.8, 4) is 0 Å². The molecule has 110 valence electrons. The number of nitrogens with one attached hydrogen (secondary N) is 2. The number of nitrogens with zero attached hydrogens (tertiary/aromatic N) is 1. The molecule has 0 fully saturated rings. The van der Waals surface area contributed by atoms with Gasteiger partial charge in [0.05, 0.1) is 12.2 Å². The topological polar surface area (TPSA) is 84.2 Å². The highest BCUT2D eigenvalue weighted by atomic mass is 32.2. The highest BCUT2D eigenvalue weighted by Gasteiger charge is 2.22. The molecule has 0 radical (unpaired) electrons. The van der Waals surface area contributed by atoms with Crippen LogP contribution in [0, 0.1) is 6.92 Å². The molecule has 20 heavy (non-hydrogen) atoms. The number of oxazole rings is 1. The third kappa shape index (κ3) is 3.45. The smallest absolute Gasteiger partial charge is 0.250 e. The molecule has 1 unspecified atom stereocenters. The fraction of sp³-hybridized carbons (Fsp3) is 0.417. The summed E-state index contributed by atoms with van der Waals surface area (Å²) in [4.78, 5) is 4.99. The minimum atomic E-state index is -3.56. The Morgan fingerprint density at radius 2 is 2.20 bits per heavy atom. The van der Waals surface area contributed by atoms with E-state index in [-0.39, 0.29) is 4.21 Å². The van der Waals surface area contributed by atoms with Gasteiger partial charge in [-0.05, 0) is 33.0 Å². The molecule has 0 amide bonds. The Bertz CT molecular complexity index is 676. The van der Waals surface area contributed by atoms with Gasteiger partial charge in [-0.25, -0.2) is 13.4 Å². The lowest BCUT2D eigenvalue weighted by Gasteiger charge is -2.09. The largest absolute Gasteiger partial charge is 0.444 e. The van der Waals surface area contributed by atoms with Crippen LogP contribution in [0.5, 0.6) is 0 Å². The molecule has 0 bridgehead atoms. The number of rotatable bonds is 6. The fourth-order valence-corrected chi connectivity index (χ4v) is 4.27. The molecule has 0 saturated carbocycles. The SMILES string of the molecule is CNCc1ccc(S(=O)(=O)NC(C)c2ncc(C)o2)s1. The summed E-state index contributed by atoms with van der Waals surface area (Å²) >= 11 is 1.24. The van der Waals surface area contributed by atoms with Crippen LogP contribution in [-0.4, -0.2) is 20.4 Å². The summed E-state index contributed by atoms with van der Waals surface area (Å²) in [6, 6.07) is 2.90. The van der Waals surface area contributed by atoms with Crippen LogP contribution in [0.1, 0.15) is 29.5 Å². The van der Waals surface area contributed by atoms with Gasteiger partial charge >= 0.3 is 0 Å². The van der Waals surface area contributed by atoms with Crippen LogP contribution in [0.3, 0.4) is 0 Å². The minimum absolute atomic E-state index is 0.290. The molecule has 1 atom stereocenters. The summed E-state index contributed by atoms with van der Waals surface area (Å²) in [5, 5.41) is 2.99. The normalized spacial score (nSPS) is 13.6. The van der Waals surface area contributed by atoms with Gasteiger partial charge in [-0.15, -0.1) is 11.3 Å². The number of aromatic nitrogens is 1. The van der Waals surface area contributed by atoms with Crippen LogP contribution in [0.2, 0.25) is 0 Å². The first-order valence-electron chi connectivity index (χ1n) is 6.10. The van der Waals surface area contributed by atoms with Gasteiger partial charge in [-0.3, -0.25) is 0 Å². The van der Waals surface area contributed by atoms with E-state index in [4.69, 9.17) is 4.42 Å². The predicted octanol–water partition coefficient (Wildman–Crippen LogP) is 1.80. The van der Waals surface area contributed by atoms with E-state index in [9.17, 15) is 8.42 Å². The van der Waals surface area contributed by atoms with Crippen molar-refractivity contribution < 1.29 is 12.8 Å². The molecule has 6 nitrogen and oxygen atoms in total. The Labute approximate surface area is 122 Å². The molecular formula is C12H17N3O3S2. The maximum atomic E-state index is 12.2. The van der Waals surface area contributed by atoms with Crippen molar-refractivity contribution in [3.63, 3.8) is 0 Å². The Kier molecular flexibility index (Phi) is 4.59. The highest BCUT2D eigenvalue weighted by molar-refractivity contribution is 7.91. The Hall–Kier alpha value is -1.22. The lowest BCUT2D eigenvalue weighted by Crippen LogP contribution is -2.26. The summed E-state index contributed by atoms with van der Waals surface area (Å²) in [6.07, 6.45) is 1.57. The average Bonchev–Trinajstić information content (AvgIpc) is 2.98. The van der Waals surface area contributed by atoms with Crippen LogP contribution in [0.25, 0.3) is 0 Å². The quantitative estimate of drug-likeness (QED) is 0.849. The first-order valence-corrected chi connectivity index (χ1v) is 8.40. The van der Waals surface area contributed by atoms with Crippen LogP contribution >= 0.6 is 11.3 Å². The number of thiophene rings is 1. The van der Waals surface area contributed by atoms with Crippen molar-refractivity contribution in [3.05, 3.63) is 34.9 Å². The summed E-state index contributed by atoms with van der Waals surface area (Å²) in [7, 11) is -1.74. The first-order chi connectivity index (χ1) is 9.42. The van der Waals surface area contributed by atoms with Gasteiger partial charge in [0, 0.05) is 11.4 Å². The molecular weight excluding hydrogens is 298 g/mol. The molecule has 2 N–H and O–H groups in total. The van der Waals surface area contributed by atoms with Gasteiger partial charge in [0.2, 0.25) is 5.89 Å². The Morgan fingerprint density at radius 1 is 1.45 bits per heavy atom. The van der Waals surface area contributed by atoms with Gasteiger partial charge in [-0.1, -0.05) is 0 Å². The zero-order valence-electron chi connectivity index (χ0n) is 11.5. The summed E-state index contributed by atoms with van der Waals surface area (Å²) in [6.45, 7) is 4.11. The standard InChI is InChI=1S/C12H17N3O3S2/c1-8-6-14-12(18-8)9(2)15-20(16,17)11-5-4-10(19-11)7-13-3/h4-6,9,13,15H,7H2,1-3H3. The maximum absolute atomic E-state index is 12.2. The van der Waals surface area contributed by atoms with E-state index < -0.39 is 16.1 Å². The summed E-state index contributed by atoms with van der Waals surface area (Å²) in [5.74, 6) is 1.01. The summed E-state index contributed by atoms with van der Waals surface area (Å²) < 4.78 is 32.7. The third-order valence-electron chi connectivity index (χ3n) is 2.59. The molecule has 0 aliphatic heterocycles. The molecule has 0 spiro atoms. The second-order valence-electron chi connectivity index (χ2n) is 4.40. The van der Waals surface area contributed by atoms with Gasteiger partial charge in [0.1, 0.15) is 9.97 Å². The van der Waals surface area contributed by atoms with E-state index in [1.54, 1.807) is 32.2 Å². The Balaban J connectivity index is 2.13. The van der Waals surface area contributed by atoms with Gasteiger partial charge in [-0.2, -0.15) is 4.72 Å². The minimum Gasteiger partial charge on any atom is -0.444 e. The highest BCUT2D eigenvalue weighted by Crippen LogP contribution is 2.23. The fourth-order valence-electron chi connectivity index (χ4n) is 1.69. The van der Waals surface area contributed by atoms with E-state index >= 15 is 0 Å². The molecule has 2 aromatic rings. The Morgan fingerprint density at radius 3 is 2.80 bits per heavy atom. The molecule has 0 aromatic carbocycles. The number of hydrogen-bond acceptors (Lipinski definition) is 6. The van der Waals surface area contributed by atoms with E-state index in [1.807, 2.05) is 7.05 Å². The van der Waals surface area contributed by atoms with Crippen LogP contribution in [-0.2, 0) is 16.6 Å². The molecule has 8 heteroatoms. The van der Waals surface area contributed by atoms with Crippen molar-refractivity contribution in [2.24, 2.45) is 0 Å². The summed E-state index contributed by atoms with van der Waals surface area (Å²) in [5.41, 5.74) is 0. The van der Waals surface area contributed by atoms with Gasteiger partial charge < -0.3 is 9.73 Å². The monoisotopic (exact) mass is 315 g/mol. The van der Waals surface area contributed by atoms with Crippen molar-refractivity contribution in [2.45, 2.75) is 30.6 Å². The average molecular weight is 315 g/mol. The van der Waals surface area contributed by atoms with Gasteiger partial charge in [0.25, 0.3) is 10.0 Å². The van der Waals surface area contributed by atoms with Crippen molar-refractivity contribution >= 4 is 21.4 Å². The van der Waals surface area contributed by atoms with Crippen LogP contribution in [0.15, 0.2) is 27.0 Å². The molecule has 0 aliphatic carbocycles. The third-order valence-corrected chi connectivity index (χ3v) is 5.71. The zero-order valence-corrected chi connectivity index (χ0v) is 13.1. The molecule has 2 heterocycles. The lowest BCUT2D eigenvalue weighted by atomic mass is 10.4. The van der Waals surface area contributed by atoms with Crippen molar-refractivity contribution in [2.75, 3.05) is 7.05 Å². The molecule has 0 aliphatic rings. The first kappa shape index (κ1) is 15.2. The van der Waals surface area contributed by atoms with Crippen molar-refractivity contribution in [1.82, 2.24) is 15.0 Å². The second-order valence-corrected chi connectivity index (χ2v) is 7.51. The van der Waals surface area contributed by atoms with E-state index in [1.165, 1.54) is 11.3 Å². The second kappa shape index (κ2) is 6.04. The van der Waals surface area contributed by atoms with E-state index in [0.717, 1.165) is 4.88 Å². The zero-order chi connectivity index (χ0) is 14.8.